The van der Waals surface area contributed by atoms with Crippen molar-refractivity contribution in [1.29, 1.82) is 0 Å². The molecule has 0 N–H and O–H groups in total. The molecule has 5 nitrogen and oxygen atoms in total. The first kappa shape index (κ1) is 18.9. The summed E-state index contributed by atoms with van der Waals surface area (Å²) in [4.78, 5) is 30.9. The summed E-state index contributed by atoms with van der Waals surface area (Å²) in [5.41, 5.74) is 1.88. The van der Waals surface area contributed by atoms with Gasteiger partial charge >= 0.3 is 5.97 Å². The number of rotatable bonds is 5. The Kier molecular flexibility index (Phi) is 5.72. The number of fused-ring (bicyclic) bond motifs is 1. The van der Waals surface area contributed by atoms with Gasteiger partial charge in [-0.15, -0.1) is 0 Å². The number of halogens is 1. The van der Waals surface area contributed by atoms with Crippen molar-refractivity contribution < 1.29 is 14.3 Å². The first-order valence-corrected chi connectivity index (χ1v) is 8.88. The number of nitrogens with zero attached hydrogens (tertiary/aromatic N) is 2. The van der Waals surface area contributed by atoms with E-state index in [4.69, 9.17) is 16.3 Å². The Balaban J connectivity index is 1.73. The lowest BCUT2D eigenvalue weighted by molar-refractivity contribution is -0.139. The van der Waals surface area contributed by atoms with Gasteiger partial charge in [-0.05, 0) is 24.6 Å². The maximum absolute atomic E-state index is 12.6. The van der Waals surface area contributed by atoms with Crippen molar-refractivity contribution in [1.82, 2.24) is 9.88 Å². The molecule has 0 aliphatic rings. The second-order valence-electron chi connectivity index (χ2n) is 6.24. The first-order valence-electron chi connectivity index (χ1n) is 8.51. The fourth-order valence-corrected chi connectivity index (χ4v) is 3.03. The van der Waals surface area contributed by atoms with E-state index in [0.717, 1.165) is 5.56 Å². The molecule has 1 heterocycles. The first-order chi connectivity index (χ1) is 13.0. The van der Waals surface area contributed by atoms with E-state index < -0.39 is 12.1 Å². The molecule has 3 rings (SSSR count). The van der Waals surface area contributed by atoms with Gasteiger partial charge < -0.3 is 9.64 Å². The van der Waals surface area contributed by atoms with Crippen LogP contribution in [0.3, 0.4) is 0 Å². The highest BCUT2D eigenvalue weighted by molar-refractivity contribution is 6.30. The van der Waals surface area contributed by atoms with Gasteiger partial charge in [0.25, 0.3) is 5.91 Å². The van der Waals surface area contributed by atoms with Crippen molar-refractivity contribution >= 4 is 34.4 Å². The third-order valence-corrected chi connectivity index (χ3v) is 4.37. The highest BCUT2D eigenvalue weighted by atomic mass is 35.5. The minimum Gasteiger partial charge on any atom is -0.449 e. The van der Waals surface area contributed by atoms with E-state index in [1.54, 1.807) is 32.2 Å². The summed E-state index contributed by atoms with van der Waals surface area (Å²) >= 11 is 6.01. The number of benzene rings is 2. The summed E-state index contributed by atoms with van der Waals surface area (Å²) in [6, 6.07) is 18.2. The summed E-state index contributed by atoms with van der Waals surface area (Å²) in [6.07, 6.45) is -0.920. The van der Waals surface area contributed by atoms with Gasteiger partial charge in [0.15, 0.2) is 6.10 Å². The molecule has 0 unspecified atom stereocenters. The molecule has 6 heteroatoms. The van der Waals surface area contributed by atoms with Gasteiger partial charge in [0.05, 0.1) is 11.1 Å². The molecule has 0 spiro atoms. The zero-order chi connectivity index (χ0) is 19.4. The molecule has 2 aromatic carbocycles. The second kappa shape index (κ2) is 8.18. The quantitative estimate of drug-likeness (QED) is 0.492. The highest BCUT2D eigenvalue weighted by Gasteiger charge is 2.23. The monoisotopic (exact) mass is 382 g/mol. The zero-order valence-electron chi connectivity index (χ0n) is 15.1. The van der Waals surface area contributed by atoms with Crippen LogP contribution in [-0.2, 0) is 16.1 Å². The molecular weight excluding hydrogens is 364 g/mol. The molecular formula is C21H19ClN2O3. The largest absolute Gasteiger partial charge is 0.449 e. The van der Waals surface area contributed by atoms with E-state index in [2.05, 4.69) is 4.98 Å². The number of carbonyl (C=O) groups is 2. The number of amides is 1. The van der Waals surface area contributed by atoms with E-state index >= 15 is 0 Å². The van der Waals surface area contributed by atoms with Crippen molar-refractivity contribution in [3.63, 3.8) is 0 Å². The lowest BCUT2D eigenvalue weighted by Gasteiger charge is -2.21. The lowest BCUT2D eigenvalue weighted by Crippen LogP contribution is -2.37. The van der Waals surface area contributed by atoms with E-state index in [1.165, 1.54) is 11.0 Å². The number of aromatic nitrogens is 1. The maximum Gasteiger partial charge on any atom is 0.339 e. The van der Waals surface area contributed by atoms with Gasteiger partial charge in [0, 0.05) is 19.0 Å². The van der Waals surface area contributed by atoms with Gasteiger partial charge in [-0.1, -0.05) is 60.1 Å². The van der Waals surface area contributed by atoms with Crippen LogP contribution in [0.1, 0.15) is 22.8 Å². The lowest BCUT2D eigenvalue weighted by atomic mass is 10.1. The molecule has 0 aliphatic heterocycles. The summed E-state index contributed by atoms with van der Waals surface area (Å²) < 4.78 is 5.40. The number of ether oxygens (including phenoxy) is 1. The van der Waals surface area contributed by atoms with E-state index in [0.29, 0.717) is 17.4 Å². The normalized spacial score (nSPS) is 11.8. The predicted molar refractivity (Wildman–Crippen MR) is 105 cm³/mol. The average molecular weight is 383 g/mol. The van der Waals surface area contributed by atoms with E-state index in [9.17, 15) is 9.59 Å². The van der Waals surface area contributed by atoms with Gasteiger partial charge in [0.2, 0.25) is 0 Å². The molecule has 138 valence electrons. The molecule has 3 aromatic rings. The van der Waals surface area contributed by atoms with Crippen LogP contribution in [-0.4, -0.2) is 34.9 Å². The number of pyridine rings is 1. The Hall–Kier alpha value is -2.92. The van der Waals surface area contributed by atoms with Crippen molar-refractivity contribution in [2.75, 3.05) is 7.05 Å². The van der Waals surface area contributed by atoms with Crippen LogP contribution in [0.5, 0.6) is 0 Å². The number of para-hydroxylation sites is 1. The Morgan fingerprint density at radius 2 is 1.78 bits per heavy atom. The van der Waals surface area contributed by atoms with Gasteiger partial charge in [-0.3, -0.25) is 4.79 Å². The number of likely N-dealkylation sites (N-methyl/N-ethyl adjacent to an activating group) is 1. The molecule has 0 fully saturated rings. The van der Waals surface area contributed by atoms with Crippen molar-refractivity contribution in [3.05, 3.63) is 76.9 Å². The Bertz CT molecular complexity index is 976. The third-order valence-electron chi connectivity index (χ3n) is 4.18. The number of esters is 1. The van der Waals surface area contributed by atoms with E-state index in [-0.39, 0.29) is 16.6 Å². The summed E-state index contributed by atoms with van der Waals surface area (Å²) in [7, 11) is 1.68. The van der Waals surface area contributed by atoms with Crippen molar-refractivity contribution in [2.45, 2.75) is 19.6 Å². The van der Waals surface area contributed by atoms with Crippen LogP contribution in [0.15, 0.2) is 60.7 Å². The highest BCUT2D eigenvalue weighted by Crippen LogP contribution is 2.22. The SMILES string of the molecule is C[C@@H](OC(=O)c1cc(Cl)nc2ccccc12)C(=O)N(C)Cc1ccccc1. The number of carbonyl (C=O) groups excluding carboxylic acids is 2. The fraction of sp³-hybridized carbons (Fsp3) is 0.190. The third kappa shape index (κ3) is 4.44. The van der Waals surface area contributed by atoms with Gasteiger partial charge in [-0.2, -0.15) is 0 Å². The molecule has 1 aromatic heterocycles. The van der Waals surface area contributed by atoms with Crippen molar-refractivity contribution in [3.8, 4) is 0 Å². The van der Waals surface area contributed by atoms with Crippen LogP contribution in [0, 0.1) is 0 Å². The standard InChI is InChI=1S/C21H19ClN2O3/c1-14(20(25)24(2)13-15-8-4-3-5-9-15)27-21(26)17-12-19(22)23-18-11-7-6-10-16(17)18/h3-12,14H,13H2,1-2H3/t14-/m1/s1. The summed E-state index contributed by atoms with van der Waals surface area (Å²) in [6.45, 7) is 2.00. The Morgan fingerprint density at radius 3 is 2.52 bits per heavy atom. The van der Waals surface area contributed by atoms with Crippen LogP contribution in [0.2, 0.25) is 5.15 Å². The Labute approximate surface area is 162 Å². The smallest absolute Gasteiger partial charge is 0.339 e. The van der Waals surface area contributed by atoms with Crippen molar-refractivity contribution in [2.24, 2.45) is 0 Å². The van der Waals surface area contributed by atoms with Crippen LogP contribution < -0.4 is 0 Å². The van der Waals surface area contributed by atoms with Gasteiger partial charge in [0.1, 0.15) is 5.15 Å². The molecule has 0 aliphatic carbocycles. The minimum atomic E-state index is -0.920. The van der Waals surface area contributed by atoms with Crippen LogP contribution >= 0.6 is 11.6 Å². The summed E-state index contributed by atoms with van der Waals surface area (Å²) in [5.74, 6) is -0.888. The zero-order valence-corrected chi connectivity index (χ0v) is 15.8. The summed E-state index contributed by atoms with van der Waals surface area (Å²) in [5, 5.41) is 0.824. The topological polar surface area (TPSA) is 59.5 Å². The molecule has 0 saturated carbocycles. The molecule has 0 radical (unpaired) electrons. The molecule has 27 heavy (non-hydrogen) atoms. The molecule has 0 bridgehead atoms. The Morgan fingerprint density at radius 1 is 1.11 bits per heavy atom. The predicted octanol–water partition coefficient (Wildman–Crippen LogP) is 4.09. The average Bonchev–Trinajstić information content (AvgIpc) is 2.67. The van der Waals surface area contributed by atoms with Crippen LogP contribution in [0.4, 0.5) is 0 Å². The second-order valence-corrected chi connectivity index (χ2v) is 6.62. The van der Waals surface area contributed by atoms with Gasteiger partial charge in [-0.25, -0.2) is 9.78 Å². The van der Waals surface area contributed by atoms with E-state index in [1.807, 2.05) is 36.4 Å². The molecule has 0 saturated heterocycles. The number of hydrogen-bond donors (Lipinski definition) is 0. The van der Waals surface area contributed by atoms with Crippen LogP contribution in [0.25, 0.3) is 10.9 Å². The minimum absolute atomic E-state index is 0.195. The fourth-order valence-electron chi connectivity index (χ4n) is 2.83. The molecule has 1 atom stereocenters. The molecule has 1 amide bonds. The number of hydrogen-bond acceptors (Lipinski definition) is 4. The maximum atomic E-state index is 12.6.